The van der Waals surface area contributed by atoms with Crippen LogP contribution in [0.4, 0.5) is 0 Å². The second-order valence-electron chi connectivity index (χ2n) is 14.6. The molecule has 260 valence electrons. The average Bonchev–Trinajstić information content (AvgIpc) is 3.46. The third-order valence-electron chi connectivity index (χ3n) is 11.1. The van der Waals surface area contributed by atoms with Gasteiger partial charge in [0.2, 0.25) is 5.91 Å². The van der Waals surface area contributed by atoms with Crippen LogP contribution in [0.2, 0.25) is 0 Å². The highest BCUT2D eigenvalue weighted by molar-refractivity contribution is 5.79. The maximum absolute atomic E-state index is 13.8. The highest BCUT2D eigenvalue weighted by atomic mass is 16.5. The van der Waals surface area contributed by atoms with E-state index in [9.17, 15) is 9.90 Å². The number of piperidine rings is 1. The summed E-state index contributed by atoms with van der Waals surface area (Å²) >= 11 is 0. The smallest absolute Gasteiger partial charge is 0.223 e. The van der Waals surface area contributed by atoms with Gasteiger partial charge in [0.05, 0.1) is 23.6 Å². The number of fused-ring (bicyclic) bond motifs is 1. The molecule has 4 atom stereocenters. The molecule has 1 saturated carbocycles. The number of hydrogen-bond donors (Lipinski definition) is 4. The number of nitrogens with one attached hydrogen (secondary N) is 3. The van der Waals surface area contributed by atoms with Gasteiger partial charge >= 0.3 is 0 Å². The molecule has 0 radical (unpaired) electrons. The number of benzene rings is 1. The van der Waals surface area contributed by atoms with Crippen molar-refractivity contribution >= 4 is 5.91 Å². The van der Waals surface area contributed by atoms with Crippen molar-refractivity contribution in [3.05, 3.63) is 46.7 Å². The fraction of sp³-hybridized carbons (Fsp3) is 0.722. The Labute approximate surface area is 280 Å². The molecule has 4 aliphatic rings. The van der Waals surface area contributed by atoms with E-state index in [2.05, 4.69) is 62.6 Å². The number of hydrogen-bond acceptors (Lipinski definition) is 10. The number of ether oxygens (including phenoxy) is 1. The normalized spacial score (nSPS) is 26.8. The number of nitrogens with zero attached hydrogens (tertiary/aromatic N) is 4. The van der Waals surface area contributed by atoms with Crippen LogP contribution in [0.25, 0.3) is 0 Å². The van der Waals surface area contributed by atoms with Gasteiger partial charge in [-0.05, 0) is 82.2 Å². The van der Waals surface area contributed by atoms with Crippen LogP contribution < -0.4 is 20.7 Å². The van der Waals surface area contributed by atoms with Crippen molar-refractivity contribution in [1.29, 1.82) is 0 Å². The Morgan fingerprint density at radius 3 is 2.72 bits per heavy atom. The number of carbonyl (C=O) groups excluding carboxylic acids is 1. The standard InChI is InChI=1S/C36H57N7O4/c1-5-12-36(43-16-14-41(4)15-17-43)19-28(18-34(40-36)39-29-7-6-8-29)35(45)37-20-30(44)22-42-13-11-31-25(2)32(10-9-27(31)21-42)46-23-33-26(3)38-24-47-33/h9-10,24,28-30,34,39-40,44H,5-8,11-23H2,1-4H3,(H,37,45)/t28?,30-,34?,36?/m0/s1. The van der Waals surface area contributed by atoms with Gasteiger partial charge in [-0.2, -0.15) is 0 Å². The molecule has 3 aliphatic heterocycles. The Morgan fingerprint density at radius 1 is 1.21 bits per heavy atom. The second-order valence-corrected chi connectivity index (χ2v) is 14.6. The molecule has 11 heteroatoms. The number of aliphatic hydroxyl groups excluding tert-OH is 1. The fourth-order valence-corrected chi connectivity index (χ4v) is 8.11. The third kappa shape index (κ3) is 8.20. The van der Waals surface area contributed by atoms with E-state index < -0.39 is 6.10 Å². The molecule has 1 aromatic carbocycles. The molecule has 0 bridgehead atoms. The Morgan fingerprint density at radius 2 is 2.02 bits per heavy atom. The molecule has 4 N–H and O–H groups in total. The molecular formula is C36H57N7O4. The Hall–Kier alpha value is -2.54. The predicted octanol–water partition coefficient (Wildman–Crippen LogP) is 2.92. The van der Waals surface area contributed by atoms with Gasteiger partial charge in [0, 0.05) is 64.3 Å². The lowest BCUT2D eigenvalue weighted by Gasteiger charge is -2.54. The maximum atomic E-state index is 13.8. The SMILES string of the molecule is CCCC1(N2CCN(C)CC2)CC(C(=O)NC[C@H](O)CN2CCc3c(ccc(OCc4ocnc4C)c3C)C2)CC(NC2CCC2)N1. The van der Waals surface area contributed by atoms with Crippen LogP contribution in [-0.2, 0) is 24.4 Å². The first-order valence-corrected chi connectivity index (χ1v) is 18.0. The molecule has 11 nitrogen and oxygen atoms in total. The second kappa shape index (κ2) is 15.3. The monoisotopic (exact) mass is 651 g/mol. The van der Waals surface area contributed by atoms with Gasteiger partial charge in [-0.3, -0.25) is 25.2 Å². The van der Waals surface area contributed by atoms with E-state index >= 15 is 0 Å². The lowest BCUT2D eigenvalue weighted by atomic mass is 9.81. The number of rotatable bonds is 13. The summed E-state index contributed by atoms with van der Waals surface area (Å²) in [5, 5.41) is 22.1. The lowest BCUT2D eigenvalue weighted by molar-refractivity contribution is -0.131. The van der Waals surface area contributed by atoms with Gasteiger partial charge in [0.1, 0.15) is 12.4 Å². The predicted molar refractivity (Wildman–Crippen MR) is 182 cm³/mol. The van der Waals surface area contributed by atoms with Crippen molar-refractivity contribution in [2.75, 3.05) is 52.9 Å². The number of likely N-dealkylation sites (N-methyl/N-ethyl adjacent to an activating group) is 1. The van der Waals surface area contributed by atoms with Crippen molar-refractivity contribution < 1.29 is 19.1 Å². The highest BCUT2D eigenvalue weighted by Crippen LogP contribution is 2.36. The summed E-state index contributed by atoms with van der Waals surface area (Å²) in [5.74, 6) is 1.60. The average molecular weight is 652 g/mol. The van der Waals surface area contributed by atoms with E-state index in [0.29, 0.717) is 19.2 Å². The largest absolute Gasteiger partial charge is 0.485 e. The van der Waals surface area contributed by atoms with E-state index in [4.69, 9.17) is 9.15 Å². The molecule has 3 unspecified atom stereocenters. The zero-order valence-electron chi connectivity index (χ0n) is 29.0. The summed E-state index contributed by atoms with van der Waals surface area (Å²) in [4.78, 5) is 25.2. The van der Waals surface area contributed by atoms with Crippen LogP contribution in [0.5, 0.6) is 5.75 Å². The molecule has 2 saturated heterocycles. The topological polar surface area (TPSA) is 118 Å². The number of piperazine rings is 1. The maximum Gasteiger partial charge on any atom is 0.223 e. The van der Waals surface area contributed by atoms with Gasteiger partial charge in [-0.25, -0.2) is 4.98 Å². The molecule has 2 aromatic rings. The van der Waals surface area contributed by atoms with Crippen LogP contribution in [0, 0.1) is 19.8 Å². The minimum atomic E-state index is -0.627. The Kier molecular flexibility index (Phi) is 11.2. The summed E-state index contributed by atoms with van der Waals surface area (Å²) in [5.41, 5.74) is 4.42. The fourth-order valence-electron chi connectivity index (χ4n) is 8.11. The van der Waals surface area contributed by atoms with Crippen LogP contribution >= 0.6 is 0 Å². The van der Waals surface area contributed by atoms with E-state index in [0.717, 1.165) is 94.1 Å². The minimum Gasteiger partial charge on any atom is -0.485 e. The van der Waals surface area contributed by atoms with Gasteiger partial charge in [0.25, 0.3) is 0 Å². The molecule has 3 fully saturated rings. The van der Waals surface area contributed by atoms with Crippen molar-refractivity contribution in [2.45, 2.75) is 109 Å². The molecule has 1 amide bonds. The first-order valence-electron chi connectivity index (χ1n) is 18.0. The molecule has 1 aliphatic carbocycles. The first-order chi connectivity index (χ1) is 22.7. The van der Waals surface area contributed by atoms with Crippen molar-refractivity contribution in [3.63, 3.8) is 0 Å². The van der Waals surface area contributed by atoms with Gasteiger partial charge in [0.15, 0.2) is 12.2 Å². The van der Waals surface area contributed by atoms with Crippen molar-refractivity contribution in [1.82, 2.24) is 35.6 Å². The Balaban J connectivity index is 1.03. The number of amides is 1. The van der Waals surface area contributed by atoms with Crippen LogP contribution in [0.1, 0.15) is 80.0 Å². The molecular weight excluding hydrogens is 594 g/mol. The summed E-state index contributed by atoms with van der Waals surface area (Å²) in [6, 6.07) is 4.72. The zero-order valence-corrected chi connectivity index (χ0v) is 29.0. The van der Waals surface area contributed by atoms with Gasteiger partial charge in [-0.15, -0.1) is 0 Å². The quantitative estimate of drug-likeness (QED) is 0.258. The van der Waals surface area contributed by atoms with Crippen molar-refractivity contribution in [3.8, 4) is 5.75 Å². The van der Waals surface area contributed by atoms with E-state index in [1.807, 2.05) is 13.0 Å². The van der Waals surface area contributed by atoms with E-state index in [1.165, 1.54) is 36.8 Å². The molecule has 4 heterocycles. The van der Waals surface area contributed by atoms with Crippen molar-refractivity contribution in [2.24, 2.45) is 5.92 Å². The van der Waals surface area contributed by atoms with E-state index in [-0.39, 0.29) is 30.2 Å². The molecule has 6 rings (SSSR count). The van der Waals surface area contributed by atoms with Crippen LogP contribution in [0.3, 0.4) is 0 Å². The number of carbonyl (C=O) groups is 1. The summed E-state index contributed by atoms with van der Waals surface area (Å²) in [6.07, 6.45) is 9.24. The van der Waals surface area contributed by atoms with E-state index in [1.54, 1.807) is 0 Å². The van der Waals surface area contributed by atoms with Gasteiger partial charge in [-0.1, -0.05) is 25.8 Å². The molecule has 1 aromatic heterocycles. The van der Waals surface area contributed by atoms with Gasteiger partial charge < -0.3 is 24.5 Å². The number of oxazole rings is 1. The summed E-state index contributed by atoms with van der Waals surface area (Å²) in [7, 11) is 2.19. The van der Waals surface area contributed by atoms with Crippen LogP contribution in [0.15, 0.2) is 22.9 Å². The third-order valence-corrected chi connectivity index (χ3v) is 11.1. The summed E-state index contributed by atoms with van der Waals surface area (Å²) < 4.78 is 11.5. The highest BCUT2D eigenvalue weighted by Gasteiger charge is 2.46. The Bertz CT molecular complexity index is 1340. The molecule has 0 spiro atoms. The zero-order chi connectivity index (χ0) is 33.0. The van der Waals surface area contributed by atoms with Crippen LogP contribution in [-0.4, -0.2) is 108 Å². The number of β-amino-alcohol motifs (C(OH)–C–C–N with tert-alkyl or cyclic N) is 1. The molecule has 47 heavy (non-hydrogen) atoms. The number of aryl methyl sites for hydroxylation is 1. The summed E-state index contributed by atoms with van der Waals surface area (Å²) in [6.45, 7) is 13.2. The number of aromatic nitrogens is 1. The minimum absolute atomic E-state index is 0.0771. The number of aliphatic hydroxyl groups is 1. The lowest BCUT2D eigenvalue weighted by Crippen LogP contribution is -2.71. The first kappa shape index (κ1) is 34.3.